The maximum atomic E-state index is 12.5. The Morgan fingerprint density at radius 3 is 2.81 bits per heavy atom. The third kappa shape index (κ3) is 5.01. The molecule has 0 spiro atoms. The topological polar surface area (TPSA) is 95.5 Å². The van der Waals surface area contributed by atoms with Gasteiger partial charge in [0.2, 0.25) is 12.7 Å². The molecule has 4 rings (SSSR count). The second-order valence-corrected chi connectivity index (χ2v) is 7.45. The Morgan fingerprint density at radius 2 is 2.00 bits per heavy atom. The van der Waals surface area contributed by atoms with Gasteiger partial charge in [0.1, 0.15) is 0 Å². The quantitative estimate of drug-likeness (QED) is 0.263. The molecular weight excluding hydrogens is 420 g/mol. The van der Waals surface area contributed by atoms with E-state index in [2.05, 4.69) is 10.5 Å². The molecule has 0 bridgehead atoms. The molecule has 8 nitrogen and oxygen atoms in total. The van der Waals surface area contributed by atoms with Gasteiger partial charge < -0.3 is 18.9 Å². The number of carbonyl (C=O) groups is 2. The SMILES string of the molecule is COc1cc(C=NNC(=O)Cc2cccs2)ccc1OC(=O)c1ccc2c(c1)OCO2. The molecule has 0 fully saturated rings. The summed E-state index contributed by atoms with van der Waals surface area (Å²) in [5.41, 5.74) is 3.47. The van der Waals surface area contributed by atoms with Crippen molar-refractivity contribution >= 4 is 29.4 Å². The summed E-state index contributed by atoms with van der Waals surface area (Å²) in [6, 6.07) is 13.5. The number of amides is 1. The predicted octanol–water partition coefficient (Wildman–Crippen LogP) is 3.40. The van der Waals surface area contributed by atoms with E-state index in [1.807, 2.05) is 17.5 Å². The van der Waals surface area contributed by atoms with E-state index < -0.39 is 5.97 Å². The van der Waals surface area contributed by atoms with Gasteiger partial charge in [-0.3, -0.25) is 4.79 Å². The van der Waals surface area contributed by atoms with Gasteiger partial charge in [-0.2, -0.15) is 5.10 Å². The highest BCUT2D eigenvalue weighted by molar-refractivity contribution is 7.10. The Labute approximate surface area is 182 Å². The summed E-state index contributed by atoms with van der Waals surface area (Å²) in [4.78, 5) is 25.3. The molecule has 1 aromatic heterocycles. The Balaban J connectivity index is 1.39. The standard InChI is InChI=1S/C22H18N2O6S/c1-27-19-9-14(12-23-24-21(25)11-16-3-2-8-31-16)4-6-18(19)30-22(26)15-5-7-17-20(10-15)29-13-28-17/h2-10,12H,11,13H2,1H3,(H,24,25). The first kappa shape index (κ1) is 20.4. The van der Waals surface area contributed by atoms with E-state index in [-0.39, 0.29) is 24.9 Å². The monoisotopic (exact) mass is 438 g/mol. The van der Waals surface area contributed by atoms with Crippen molar-refractivity contribution in [2.45, 2.75) is 6.42 Å². The molecule has 0 radical (unpaired) electrons. The number of fused-ring (bicyclic) bond motifs is 1. The third-order valence-corrected chi connectivity index (χ3v) is 5.19. The van der Waals surface area contributed by atoms with Crippen LogP contribution < -0.4 is 24.4 Å². The zero-order valence-corrected chi connectivity index (χ0v) is 17.3. The van der Waals surface area contributed by atoms with Gasteiger partial charge in [-0.05, 0) is 53.4 Å². The largest absolute Gasteiger partial charge is 0.493 e. The van der Waals surface area contributed by atoms with Gasteiger partial charge in [-0.1, -0.05) is 6.07 Å². The van der Waals surface area contributed by atoms with Crippen molar-refractivity contribution in [1.29, 1.82) is 0 Å². The van der Waals surface area contributed by atoms with Crippen LogP contribution in [0.3, 0.4) is 0 Å². The number of carbonyl (C=O) groups excluding carboxylic acids is 2. The number of nitrogens with zero attached hydrogens (tertiary/aromatic N) is 1. The molecular formula is C22H18N2O6S. The Hall–Kier alpha value is -3.85. The van der Waals surface area contributed by atoms with Crippen LogP contribution in [-0.4, -0.2) is 32.0 Å². The maximum absolute atomic E-state index is 12.5. The van der Waals surface area contributed by atoms with Crippen LogP contribution in [-0.2, 0) is 11.2 Å². The summed E-state index contributed by atoms with van der Waals surface area (Å²) in [6.45, 7) is 0.124. The van der Waals surface area contributed by atoms with Crippen LogP contribution in [0.5, 0.6) is 23.0 Å². The van der Waals surface area contributed by atoms with Crippen molar-refractivity contribution in [3.8, 4) is 23.0 Å². The number of hydrogen-bond donors (Lipinski definition) is 1. The van der Waals surface area contributed by atoms with E-state index in [0.29, 0.717) is 28.4 Å². The van der Waals surface area contributed by atoms with E-state index in [4.69, 9.17) is 18.9 Å². The second kappa shape index (κ2) is 9.31. The Morgan fingerprint density at radius 1 is 1.13 bits per heavy atom. The number of esters is 1. The highest BCUT2D eigenvalue weighted by Gasteiger charge is 2.18. The number of thiophene rings is 1. The lowest BCUT2D eigenvalue weighted by Crippen LogP contribution is -2.19. The summed E-state index contributed by atoms with van der Waals surface area (Å²) in [7, 11) is 1.47. The minimum Gasteiger partial charge on any atom is -0.493 e. The number of rotatable bonds is 7. The van der Waals surface area contributed by atoms with Gasteiger partial charge in [0.25, 0.3) is 0 Å². The van der Waals surface area contributed by atoms with Gasteiger partial charge in [-0.25, -0.2) is 10.2 Å². The molecule has 1 amide bonds. The lowest BCUT2D eigenvalue weighted by Gasteiger charge is -2.10. The lowest BCUT2D eigenvalue weighted by molar-refractivity contribution is -0.120. The number of methoxy groups -OCH3 is 1. The smallest absolute Gasteiger partial charge is 0.343 e. The van der Waals surface area contributed by atoms with Gasteiger partial charge in [0.05, 0.1) is 25.3 Å². The minimum atomic E-state index is -0.557. The van der Waals surface area contributed by atoms with Crippen LogP contribution >= 0.6 is 11.3 Å². The molecule has 0 saturated heterocycles. The van der Waals surface area contributed by atoms with E-state index in [9.17, 15) is 9.59 Å². The van der Waals surface area contributed by atoms with Gasteiger partial charge in [0.15, 0.2) is 23.0 Å². The lowest BCUT2D eigenvalue weighted by atomic mass is 10.2. The normalized spacial score (nSPS) is 12.0. The molecule has 0 atom stereocenters. The fourth-order valence-electron chi connectivity index (χ4n) is 2.82. The molecule has 0 aliphatic carbocycles. The van der Waals surface area contributed by atoms with E-state index >= 15 is 0 Å². The van der Waals surface area contributed by atoms with Crippen LogP contribution in [0.1, 0.15) is 20.8 Å². The van der Waals surface area contributed by atoms with Crippen molar-refractivity contribution in [1.82, 2.24) is 5.43 Å². The Bertz CT molecular complexity index is 1130. The summed E-state index contributed by atoms with van der Waals surface area (Å²) >= 11 is 1.51. The van der Waals surface area contributed by atoms with E-state index in [1.54, 1.807) is 36.4 Å². The number of hydrogen-bond acceptors (Lipinski definition) is 8. The highest BCUT2D eigenvalue weighted by Crippen LogP contribution is 2.33. The van der Waals surface area contributed by atoms with Gasteiger partial charge in [-0.15, -0.1) is 11.3 Å². The van der Waals surface area contributed by atoms with Crippen LogP contribution in [0.25, 0.3) is 0 Å². The second-order valence-electron chi connectivity index (χ2n) is 6.42. The molecule has 1 aliphatic heterocycles. The average Bonchev–Trinajstić information content (AvgIpc) is 3.45. The molecule has 1 N–H and O–H groups in total. The number of nitrogens with one attached hydrogen (secondary N) is 1. The molecule has 2 heterocycles. The third-order valence-electron chi connectivity index (χ3n) is 4.32. The van der Waals surface area contributed by atoms with Crippen LogP contribution in [0.2, 0.25) is 0 Å². The molecule has 2 aromatic carbocycles. The van der Waals surface area contributed by atoms with Crippen molar-refractivity contribution < 1.29 is 28.5 Å². The first-order chi connectivity index (χ1) is 15.1. The Kier molecular flexibility index (Phi) is 6.13. The van der Waals surface area contributed by atoms with E-state index in [0.717, 1.165) is 4.88 Å². The first-order valence-corrected chi connectivity index (χ1v) is 10.1. The molecule has 3 aromatic rings. The van der Waals surface area contributed by atoms with Crippen molar-refractivity contribution in [3.63, 3.8) is 0 Å². The fraction of sp³-hybridized carbons (Fsp3) is 0.136. The van der Waals surface area contributed by atoms with Crippen LogP contribution in [0.4, 0.5) is 0 Å². The fourth-order valence-corrected chi connectivity index (χ4v) is 3.52. The average molecular weight is 438 g/mol. The first-order valence-electron chi connectivity index (χ1n) is 9.26. The van der Waals surface area contributed by atoms with Crippen molar-refractivity contribution in [3.05, 3.63) is 69.9 Å². The molecule has 1 aliphatic rings. The van der Waals surface area contributed by atoms with Crippen LogP contribution in [0, 0.1) is 0 Å². The molecule has 158 valence electrons. The number of hydrazone groups is 1. The zero-order chi connectivity index (χ0) is 21.6. The van der Waals surface area contributed by atoms with Gasteiger partial charge >= 0.3 is 5.97 Å². The van der Waals surface area contributed by atoms with Crippen molar-refractivity contribution in [2.75, 3.05) is 13.9 Å². The van der Waals surface area contributed by atoms with Crippen molar-refractivity contribution in [2.24, 2.45) is 5.10 Å². The highest BCUT2D eigenvalue weighted by atomic mass is 32.1. The number of ether oxygens (including phenoxy) is 4. The minimum absolute atomic E-state index is 0.124. The molecule has 0 unspecified atom stereocenters. The summed E-state index contributed by atoms with van der Waals surface area (Å²) in [5, 5.41) is 5.88. The summed E-state index contributed by atoms with van der Waals surface area (Å²) in [6.07, 6.45) is 1.76. The predicted molar refractivity (Wildman–Crippen MR) is 114 cm³/mol. The number of benzene rings is 2. The zero-order valence-electron chi connectivity index (χ0n) is 16.5. The summed E-state index contributed by atoms with van der Waals surface area (Å²) < 4.78 is 21.3. The van der Waals surface area contributed by atoms with Gasteiger partial charge in [0, 0.05) is 4.88 Å². The molecule has 31 heavy (non-hydrogen) atoms. The maximum Gasteiger partial charge on any atom is 0.343 e. The molecule has 0 saturated carbocycles. The van der Waals surface area contributed by atoms with Crippen LogP contribution in [0.15, 0.2) is 59.0 Å². The molecule has 9 heteroatoms. The van der Waals surface area contributed by atoms with E-state index in [1.165, 1.54) is 24.7 Å². The summed E-state index contributed by atoms with van der Waals surface area (Å²) in [5.74, 6) is 0.917.